The van der Waals surface area contributed by atoms with Gasteiger partial charge < -0.3 is 10.2 Å². The second-order valence-corrected chi connectivity index (χ2v) is 8.12. The van der Waals surface area contributed by atoms with Crippen LogP contribution < -0.4 is 5.32 Å². The maximum atomic E-state index is 12.6. The zero-order chi connectivity index (χ0) is 17.5. The number of hydrogen-bond donors (Lipinski definition) is 1. The highest BCUT2D eigenvalue weighted by Gasteiger charge is 2.53. The smallest absolute Gasteiger partial charge is 0.254 e. The number of likely N-dealkylation sites (tertiary alicyclic amines) is 1. The Bertz CT molecular complexity index is 752. The summed E-state index contributed by atoms with van der Waals surface area (Å²) in [5, 5.41) is 2.53. The minimum absolute atomic E-state index is 0.0344. The third kappa shape index (κ3) is 2.89. The Morgan fingerprint density at radius 1 is 1.25 bits per heavy atom. The molecule has 0 radical (unpaired) electrons. The van der Waals surface area contributed by atoms with Gasteiger partial charge in [0.15, 0.2) is 0 Å². The Morgan fingerprint density at radius 3 is 2.50 bits per heavy atom. The van der Waals surface area contributed by atoms with Crippen molar-refractivity contribution >= 4 is 21.8 Å². The largest absolute Gasteiger partial charge is 0.358 e. The number of hydrogen-bond acceptors (Lipinski definition) is 5. The lowest BCUT2D eigenvalue weighted by molar-refractivity contribution is -0.124. The Labute approximate surface area is 140 Å². The molecule has 2 aliphatic rings. The summed E-state index contributed by atoms with van der Waals surface area (Å²) in [4.78, 5) is 30.1. The Morgan fingerprint density at radius 2 is 1.92 bits per heavy atom. The first-order valence-corrected chi connectivity index (χ1v) is 9.57. The van der Waals surface area contributed by atoms with Crippen molar-refractivity contribution in [1.29, 1.82) is 0 Å². The highest BCUT2D eigenvalue weighted by molar-refractivity contribution is 7.88. The van der Waals surface area contributed by atoms with Gasteiger partial charge in [-0.05, 0) is 24.5 Å². The molecule has 1 aromatic heterocycles. The first-order chi connectivity index (χ1) is 11.3. The average molecular weight is 352 g/mol. The van der Waals surface area contributed by atoms with Crippen molar-refractivity contribution < 1.29 is 18.0 Å². The summed E-state index contributed by atoms with van der Waals surface area (Å²) in [6.45, 7) is 0.748. The number of carbonyl (C=O) groups is 2. The van der Waals surface area contributed by atoms with Crippen LogP contribution in [0.25, 0.3) is 0 Å². The standard InChI is InChI=1S/C15H20N4O4S/c1-16-14(20)12-7-11-8-18(9-13(11)19(12)24(2,22)23)15(21)10-3-5-17-6-4-10/h3-6,11-13H,7-9H2,1-2H3,(H,16,20)/t11-,12-,13+/m0/s1. The van der Waals surface area contributed by atoms with Crippen LogP contribution in [-0.2, 0) is 14.8 Å². The molecule has 2 saturated heterocycles. The lowest BCUT2D eigenvalue weighted by Gasteiger charge is -2.27. The van der Waals surface area contributed by atoms with Gasteiger partial charge in [0.25, 0.3) is 5.91 Å². The molecule has 1 aromatic rings. The SMILES string of the molecule is CNC(=O)[C@@H]1C[C@H]2CN(C(=O)c3ccncc3)C[C@H]2N1S(C)(=O)=O. The third-order valence-corrected chi connectivity index (χ3v) is 6.00. The average Bonchev–Trinajstić information content (AvgIpc) is 3.10. The topological polar surface area (TPSA) is 99.7 Å². The normalized spacial score (nSPS) is 27.1. The molecule has 3 atom stereocenters. The van der Waals surface area contributed by atoms with E-state index in [2.05, 4.69) is 10.3 Å². The molecule has 2 aliphatic heterocycles. The molecular formula is C15H20N4O4S. The molecule has 0 bridgehead atoms. The zero-order valence-electron chi connectivity index (χ0n) is 13.5. The van der Waals surface area contributed by atoms with Gasteiger partial charge in [0.05, 0.1) is 6.26 Å². The van der Waals surface area contributed by atoms with Crippen molar-refractivity contribution in [3.8, 4) is 0 Å². The molecule has 3 heterocycles. The van der Waals surface area contributed by atoms with Crippen LogP contribution in [0.2, 0.25) is 0 Å². The second kappa shape index (κ2) is 6.14. The Kier molecular flexibility index (Phi) is 4.31. The maximum Gasteiger partial charge on any atom is 0.254 e. The van der Waals surface area contributed by atoms with E-state index in [0.717, 1.165) is 6.26 Å². The maximum absolute atomic E-state index is 12.6. The van der Waals surface area contributed by atoms with Crippen LogP contribution in [0.3, 0.4) is 0 Å². The zero-order valence-corrected chi connectivity index (χ0v) is 14.4. The van der Waals surface area contributed by atoms with Crippen LogP contribution >= 0.6 is 0 Å². The predicted octanol–water partition coefficient (Wildman–Crippen LogP) is -0.698. The van der Waals surface area contributed by atoms with Gasteiger partial charge in [0.1, 0.15) is 6.04 Å². The summed E-state index contributed by atoms with van der Waals surface area (Å²) in [5.74, 6) is -0.480. The Hall–Kier alpha value is -2.00. The Balaban J connectivity index is 1.82. The van der Waals surface area contributed by atoms with E-state index in [1.165, 1.54) is 11.4 Å². The van der Waals surface area contributed by atoms with Crippen molar-refractivity contribution in [2.24, 2.45) is 5.92 Å². The fourth-order valence-electron chi connectivity index (χ4n) is 3.71. The second-order valence-electron chi connectivity index (χ2n) is 6.23. The van der Waals surface area contributed by atoms with Crippen LogP contribution in [-0.4, -0.2) is 72.9 Å². The minimum atomic E-state index is -3.55. The van der Waals surface area contributed by atoms with Crippen LogP contribution in [0.5, 0.6) is 0 Å². The molecule has 2 amide bonds. The molecule has 24 heavy (non-hydrogen) atoms. The molecule has 0 aliphatic carbocycles. The van der Waals surface area contributed by atoms with Crippen LogP contribution in [0, 0.1) is 5.92 Å². The lowest BCUT2D eigenvalue weighted by Crippen LogP contribution is -2.49. The quantitative estimate of drug-likeness (QED) is 0.776. The molecule has 1 N–H and O–H groups in total. The summed E-state index contributed by atoms with van der Waals surface area (Å²) < 4.78 is 25.6. The van der Waals surface area contributed by atoms with E-state index in [4.69, 9.17) is 0 Å². The number of rotatable bonds is 3. The van der Waals surface area contributed by atoms with Crippen molar-refractivity contribution in [1.82, 2.24) is 19.5 Å². The van der Waals surface area contributed by atoms with Gasteiger partial charge in [-0.25, -0.2) is 8.42 Å². The van der Waals surface area contributed by atoms with Crippen molar-refractivity contribution in [2.45, 2.75) is 18.5 Å². The first-order valence-electron chi connectivity index (χ1n) is 7.72. The molecule has 0 aromatic carbocycles. The number of carbonyl (C=O) groups excluding carboxylic acids is 2. The van der Waals surface area contributed by atoms with E-state index in [1.807, 2.05) is 0 Å². The molecule has 8 nitrogen and oxygen atoms in total. The third-order valence-electron chi connectivity index (χ3n) is 4.71. The fourth-order valence-corrected chi connectivity index (χ4v) is 5.08. The number of nitrogens with one attached hydrogen (secondary N) is 1. The molecule has 2 fully saturated rings. The van der Waals surface area contributed by atoms with Crippen molar-refractivity contribution in [3.05, 3.63) is 30.1 Å². The van der Waals surface area contributed by atoms with Crippen LogP contribution in [0.1, 0.15) is 16.8 Å². The van der Waals surface area contributed by atoms with Gasteiger partial charge in [0, 0.05) is 44.1 Å². The molecule has 0 saturated carbocycles. The van der Waals surface area contributed by atoms with E-state index >= 15 is 0 Å². The van der Waals surface area contributed by atoms with Gasteiger partial charge in [-0.2, -0.15) is 4.31 Å². The number of nitrogens with zero attached hydrogens (tertiary/aromatic N) is 3. The monoisotopic (exact) mass is 352 g/mol. The van der Waals surface area contributed by atoms with Crippen LogP contribution in [0.4, 0.5) is 0 Å². The van der Waals surface area contributed by atoms with Gasteiger partial charge in [-0.1, -0.05) is 0 Å². The number of pyridine rings is 1. The van der Waals surface area contributed by atoms with E-state index in [9.17, 15) is 18.0 Å². The molecule has 0 spiro atoms. The lowest BCUT2D eigenvalue weighted by atomic mass is 10.0. The molecular weight excluding hydrogens is 332 g/mol. The molecule has 0 unspecified atom stereocenters. The van der Waals surface area contributed by atoms with E-state index in [0.29, 0.717) is 25.1 Å². The number of aromatic nitrogens is 1. The van der Waals surface area contributed by atoms with E-state index in [-0.39, 0.29) is 23.8 Å². The highest BCUT2D eigenvalue weighted by atomic mass is 32.2. The summed E-state index contributed by atoms with van der Waals surface area (Å²) in [6.07, 6.45) is 4.64. The molecule has 9 heteroatoms. The first kappa shape index (κ1) is 16.8. The van der Waals surface area contributed by atoms with Gasteiger partial charge in [0.2, 0.25) is 15.9 Å². The highest BCUT2D eigenvalue weighted by Crippen LogP contribution is 2.37. The number of amides is 2. The number of sulfonamides is 1. The van der Waals surface area contributed by atoms with Gasteiger partial charge in [-0.3, -0.25) is 14.6 Å². The summed E-state index contributed by atoms with van der Waals surface area (Å²) in [5.41, 5.74) is 0.527. The van der Waals surface area contributed by atoms with E-state index < -0.39 is 16.1 Å². The molecule has 130 valence electrons. The summed E-state index contributed by atoms with van der Waals surface area (Å²) in [6, 6.07) is 2.22. The predicted molar refractivity (Wildman–Crippen MR) is 86.6 cm³/mol. The van der Waals surface area contributed by atoms with Crippen molar-refractivity contribution in [3.63, 3.8) is 0 Å². The minimum Gasteiger partial charge on any atom is -0.358 e. The van der Waals surface area contributed by atoms with Crippen LogP contribution in [0.15, 0.2) is 24.5 Å². The number of likely N-dealkylation sites (N-methyl/N-ethyl adjacent to an activating group) is 1. The molecule has 3 rings (SSSR count). The van der Waals surface area contributed by atoms with Gasteiger partial charge >= 0.3 is 0 Å². The number of fused-ring (bicyclic) bond motifs is 1. The summed E-state index contributed by atoms with van der Waals surface area (Å²) in [7, 11) is -2.05. The van der Waals surface area contributed by atoms with Crippen molar-refractivity contribution in [2.75, 3.05) is 26.4 Å². The summed E-state index contributed by atoms with van der Waals surface area (Å²) >= 11 is 0. The fraction of sp³-hybridized carbons (Fsp3) is 0.533. The van der Waals surface area contributed by atoms with Gasteiger partial charge in [-0.15, -0.1) is 0 Å². The van der Waals surface area contributed by atoms with E-state index in [1.54, 1.807) is 29.4 Å².